The average Bonchev–Trinajstić information content (AvgIpc) is 3.53. The number of nitrogens with zero attached hydrogens (tertiary/aromatic N) is 5. The quantitative estimate of drug-likeness (QED) is 0.252. The summed E-state index contributed by atoms with van der Waals surface area (Å²) in [5.41, 5.74) is 0.421. The highest BCUT2D eigenvalue weighted by atomic mass is 32.2. The minimum absolute atomic E-state index is 0.122. The van der Waals surface area contributed by atoms with Gasteiger partial charge in [0.2, 0.25) is 5.82 Å². The van der Waals surface area contributed by atoms with Gasteiger partial charge in [0.15, 0.2) is 27.2 Å². The molecule has 3 heterocycles. The predicted octanol–water partition coefficient (Wildman–Crippen LogP) is 3.91. The normalized spacial score (nSPS) is 13.3. The Kier molecular flexibility index (Phi) is 8.60. The highest BCUT2D eigenvalue weighted by Crippen LogP contribution is 2.37. The Bertz CT molecular complexity index is 1500. The molecule has 0 fully saturated rings. The van der Waals surface area contributed by atoms with E-state index in [-0.39, 0.29) is 30.5 Å². The number of furan rings is 1. The molecule has 0 saturated carbocycles. The second-order valence-corrected chi connectivity index (χ2v) is 11.1. The molecule has 0 N–H and O–H groups in total. The van der Waals surface area contributed by atoms with Gasteiger partial charge in [0, 0.05) is 19.6 Å². The van der Waals surface area contributed by atoms with E-state index in [4.69, 9.17) is 18.6 Å². The average molecular weight is 560 g/mol. The first kappa shape index (κ1) is 28.2. The summed E-state index contributed by atoms with van der Waals surface area (Å²) in [6.07, 6.45) is 2.19. The van der Waals surface area contributed by atoms with Crippen LogP contribution < -0.4 is 9.47 Å². The lowest BCUT2D eigenvalue weighted by atomic mass is 10.0. The molecule has 0 bridgehead atoms. The van der Waals surface area contributed by atoms with Gasteiger partial charge in [-0.1, -0.05) is 13.0 Å². The van der Waals surface area contributed by atoms with Crippen LogP contribution in [0.4, 0.5) is 4.39 Å². The third kappa shape index (κ3) is 5.93. The van der Waals surface area contributed by atoms with E-state index in [2.05, 4.69) is 20.2 Å². The Morgan fingerprint density at radius 3 is 2.26 bits per heavy atom. The Labute approximate surface area is 225 Å². The number of methoxy groups -OCH3 is 3. The summed E-state index contributed by atoms with van der Waals surface area (Å²) in [7, 11) is 0.565. The predicted molar refractivity (Wildman–Crippen MR) is 140 cm³/mol. The molecule has 0 spiro atoms. The molecule has 13 heteroatoms. The highest BCUT2D eigenvalue weighted by molar-refractivity contribution is 7.91. The zero-order valence-corrected chi connectivity index (χ0v) is 23.1. The minimum atomic E-state index is -3.93. The van der Waals surface area contributed by atoms with Crippen molar-refractivity contribution in [3.63, 3.8) is 0 Å². The van der Waals surface area contributed by atoms with Crippen LogP contribution in [-0.2, 0) is 20.3 Å². The number of aromatic nitrogens is 5. The molecular weight excluding hydrogens is 529 g/mol. The molecule has 2 atom stereocenters. The Balaban J connectivity index is 1.84. The van der Waals surface area contributed by atoms with Crippen LogP contribution in [0.5, 0.6) is 11.5 Å². The van der Waals surface area contributed by atoms with Gasteiger partial charge in [-0.3, -0.25) is 4.57 Å². The van der Waals surface area contributed by atoms with Gasteiger partial charge < -0.3 is 18.6 Å². The van der Waals surface area contributed by atoms with Crippen molar-refractivity contribution in [2.75, 3.05) is 27.9 Å². The molecule has 0 radical (unpaired) electrons. The van der Waals surface area contributed by atoms with Gasteiger partial charge in [-0.2, -0.15) is 0 Å². The molecule has 11 nitrogen and oxygen atoms in total. The molecule has 0 aliphatic carbocycles. The first-order chi connectivity index (χ1) is 18.7. The maximum Gasteiger partial charge on any atom is 0.204 e. The summed E-state index contributed by atoms with van der Waals surface area (Å²) < 4.78 is 65.2. The summed E-state index contributed by atoms with van der Waals surface area (Å²) in [4.78, 5) is 8.03. The topological polar surface area (TPSA) is 131 Å². The van der Waals surface area contributed by atoms with E-state index >= 15 is 0 Å². The maximum atomic E-state index is 14.0. The zero-order chi connectivity index (χ0) is 28.2. The fourth-order valence-corrected chi connectivity index (χ4v) is 6.36. The number of para-hydroxylation sites is 1. The summed E-state index contributed by atoms with van der Waals surface area (Å²) in [5.74, 6) is 0.728. The van der Waals surface area contributed by atoms with Crippen LogP contribution >= 0.6 is 0 Å². The van der Waals surface area contributed by atoms with E-state index in [1.165, 1.54) is 21.3 Å². The largest absolute Gasteiger partial charge is 0.494 e. The Morgan fingerprint density at radius 1 is 1.03 bits per heavy atom. The van der Waals surface area contributed by atoms with Crippen LogP contribution in [0, 0.1) is 12.7 Å². The third-order valence-corrected chi connectivity index (χ3v) is 8.55. The number of hydrogen-bond donors (Lipinski definition) is 0. The fourth-order valence-electron chi connectivity index (χ4n) is 4.40. The van der Waals surface area contributed by atoms with Crippen molar-refractivity contribution >= 4 is 9.84 Å². The molecule has 1 aromatic carbocycles. The lowest BCUT2D eigenvalue weighted by Crippen LogP contribution is -2.31. The monoisotopic (exact) mass is 559 g/mol. The molecule has 0 aliphatic rings. The molecule has 0 unspecified atom stereocenters. The van der Waals surface area contributed by atoms with Gasteiger partial charge in [-0.15, -0.1) is 10.2 Å². The summed E-state index contributed by atoms with van der Waals surface area (Å²) in [5, 5.41) is 7.61. The third-order valence-electron chi connectivity index (χ3n) is 6.32. The van der Waals surface area contributed by atoms with Crippen LogP contribution in [-0.4, -0.2) is 66.3 Å². The number of aryl methyl sites for hydroxylation is 1. The van der Waals surface area contributed by atoms with Crippen molar-refractivity contribution < 1.29 is 31.4 Å². The zero-order valence-electron chi connectivity index (χ0n) is 22.3. The van der Waals surface area contributed by atoms with Gasteiger partial charge in [-0.25, -0.2) is 22.8 Å². The first-order valence-corrected chi connectivity index (χ1v) is 13.8. The lowest BCUT2D eigenvalue weighted by Gasteiger charge is -2.23. The smallest absolute Gasteiger partial charge is 0.204 e. The minimum Gasteiger partial charge on any atom is -0.494 e. The summed E-state index contributed by atoms with van der Waals surface area (Å²) >= 11 is 0. The van der Waals surface area contributed by atoms with E-state index in [1.807, 2.05) is 0 Å². The lowest BCUT2D eigenvalue weighted by molar-refractivity contribution is 0.191. The van der Waals surface area contributed by atoms with Crippen LogP contribution in [0.15, 0.2) is 47.1 Å². The summed E-state index contributed by atoms with van der Waals surface area (Å²) in [6.45, 7) is 3.66. The number of ether oxygens (including phenoxy) is 3. The molecule has 39 heavy (non-hydrogen) atoms. The Morgan fingerprint density at radius 2 is 1.69 bits per heavy atom. The number of halogens is 1. The highest BCUT2D eigenvalue weighted by Gasteiger charge is 2.36. The van der Waals surface area contributed by atoms with Gasteiger partial charge in [-0.05, 0) is 37.6 Å². The van der Waals surface area contributed by atoms with Gasteiger partial charge in [0.25, 0.3) is 0 Å². The molecule has 208 valence electrons. The van der Waals surface area contributed by atoms with E-state index < -0.39 is 32.6 Å². The van der Waals surface area contributed by atoms with E-state index in [1.54, 1.807) is 48.7 Å². The van der Waals surface area contributed by atoms with Crippen molar-refractivity contribution in [3.8, 4) is 28.8 Å². The molecular formula is C26H30FN5O6S. The number of rotatable bonds is 12. The van der Waals surface area contributed by atoms with Gasteiger partial charge in [0.1, 0.15) is 34.5 Å². The number of hydrogen-bond acceptors (Lipinski definition) is 10. The second kappa shape index (κ2) is 11.9. The van der Waals surface area contributed by atoms with Gasteiger partial charge >= 0.3 is 0 Å². The first-order valence-electron chi connectivity index (χ1n) is 12.1. The summed E-state index contributed by atoms with van der Waals surface area (Å²) in [6, 6.07) is 8.70. The molecule has 4 aromatic rings. The van der Waals surface area contributed by atoms with E-state index in [0.717, 1.165) is 12.4 Å². The van der Waals surface area contributed by atoms with Crippen molar-refractivity contribution in [2.45, 2.75) is 37.2 Å². The van der Waals surface area contributed by atoms with Crippen LogP contribution in [0.25, 0.3) is 17.3 Å². The number of sulfone groups is 1. The van der Waals surface area contributed by atoms with Crippen LogP contribution in [0.1, 0.15) is 36.7 Å². The van der Waals surface area contributed by atoms with Gasteiger partial charge in [0.05, 0.1) is 31.9 Å². The van der Waals surface area contributed by atoms with Crippen LogP contribution in [0.3, 0.4) is 0 Å². The van der Waals surface area contributed by atoms with Crippen LogP contribution in [0.2, 0.25) is 0 Å². The molecule has 0 amide bonds. The fraction of sp³-hybridized carbons (Fsp3) is 0.385. The molecule has 4 rings (SSSR count). The van der Waals surface area contributed by atoms with Crippen molar-refractivity contribution in [3.05, 3.63) is 66.0 Å². The van der Waals surface area contributed by atoms with E-state index in [0.29, 0.717) is 28.7 Å². The number of benzene rings is 1. The molecule has 0 saturated heterocycles. The Hall–Kier alpha value is -3.84. The molecule has 3 aromatic heterocycles. The van der Waals surface area contributed by atoms with Crippen molar-refractivity contribution in [2.24, 2.45) is 0 Å². The van der Waals surface area contributed by atoms with Crippen molar-refractivity contribution in [1.82, 2.24) is 24.7 Å². The SMILES string of the molecule is COCC[C@H]([C@@H](C)c1ncc(F)cn1)S(=O)(=O)Cc1nnc(-c2ccc(C)o2)n1-c1c(OC)cccc1OC. The molecule has 0 aliphatic heterocycles. The maximum absolute atomic E-state index is 14.0. The standard InChI is InChI=1S/C26H30FN5O6S/c1-16-9-10-21(38-16)26-31-30-23(32(26)24-19(36-4)7-6-8-20(24)37-5)15-39(33,34)22(11-12-35-3)17(2)25-28-13-18(27)14-29-25/h6-10,13-14,17,22H,11-12,15H2,1-5H3/t17-,22-/m1/s1. The van der Waals surface area contributed by atoms with Crippen molar-refractivity contribution in [1.29, 1.82) is 0 Å². The van der Waals surface area contributed by atoms with E-state index in [9.17, 15) is 12.8 Å². The second-order valence-electron chi connectivity index (χ2n) is 8.87.